The van der Waals surface area contributed by atoms with Crippen LogP contribution in [0.3, 0.4) is 0 Å². The van der Waals surface area contributed by atoms with Crippen LogP contribution in [0.15, 0.2) is 150 Å². The van der Waals surface area contributed by atoms with Crippen molar-refractivity contribution in [1.82, 2.24) is 9.97 Å². The van der Waals surface area contributed by atoms with Gasteiger partial charge in [-0.2, -0.15) is 0 Å². The molecule has 9 aromatic rings. The summed E-state index contributed by atoms with van der Waals surface area (Å²) in [7, 11) is 0. The average Bonchev–Trinajstić information content (AvgIpc) is 3.63. The molecule has 0 spiro atoms. The molecule has 0 aliphatic heterocycles. The first-order valence-corrected chi connectivity index (χ1v) is 16.5. The van der Waals surface area contributed by atoms with E-state index in [9.17, 15) is 0 Å². The van der Waals surface area contributed by atoms with Gasteiger partial charge in [-0.1, -0.05) is 105 Å². The number of furan rings is 1. The molecule has 0 saturated heterocycles. The van der Waals surface area contributed by atoms with Crippen molar-refractivity contribution in [3.8, 4) is 44.6 Å². The van der Waals surface area contributed by atoms with Gasteiger partial charge < -0.3 is 4.42 Å². The minimum Gasteiger partial charge on any atom is -0.455 e. The highest BCUT2D eigenvalue weighted by molar-refractivity contribution is 6.24. The number of hydrogen-bond acceptors (Lipinski definition) is 3. The predicted molar refractivity (Wildman–Crippen MR) is 198 cm³/mol. The van der Waals surface area contributed by atoms with E-state index in [1.807, 2.05) is 24.5 Å². The van der Waals surface area contributed by atoms with E-state index in [2.05, 4.69) is 140 Å². The summed E-state index contributed by atoms with van der Waals surface area (Å²) in [6.45, 7) is 4.69. The second kappa shape index (κ2) is 9.97. The lowest BCUT2D eigenvalue weighted by atomic mass is 9.81. The van der Waals surface area contributed by atoms with Gasteiger partial charge in [0, 0.05) is 50.3 Å². The van der Waals surface area contributed by atoms with Crippen LogP contribution in [0.2, 0.25) is 0 Å². The van der Waals surface area contributed by atoms with Gasteiger partial charge >= 0.3 is 0 Å². The van der Waals surface area contributed by atoms with E-state index in [-0.39, 0.29) is 5.41 Å². The van der Waals surface area contributed by atoms with Gasteiger partial charge in [0.2, 0.25) is 0 Å². The number of para-hydroxylation sites is 1. The van der Waals surface area contributed by atoms with Gasteiger partial charge in [0.05, 0.1) is 11.2 Å². The number of pyridine rings is 2. The Balaban J connectivity index is 1.16. The zero-order chi connectivity index (χ0) is 32.0. The van der Waals surface area contributed by atoms with Crippen LogP contribution >= 0.6 is 0 Å². The lowest BCUT2D eigenvalue weighted by Gasteiger charge is -2.22. The molecular weight excluding hydrogens is 585 g/mol. The van der Waals surface area contributed by atoms with Crippen molar-refractivity contribution in [2.75, 3.05) is 0 Å². The maximum absolute atomic E-state index is 6.59. The van der Waals surface area contributed by atoms with E-state index < -0.39 is 0 Å². The third-order valence-corrected chi connectivity index (χ3v) is 10.4. The second-order valence-electron chi connectivity index (χ2n) is 13.4. The Morgan fingerprint density at radius 2 is 1.12 bits per heavy atom. The van der Waals surface area contributed by atoms with E-state index in [0.29, 0.717) is 0 Å². The van der Waals surface area contributed by atoms with E-state index in [0.717, 1.165) is 60.4 Å². The van der Waals surface area contributed by atoms with Crippen LogP contribution in [0.25, 0.3) is 88.3 Å². The quantitative estimate of drug-likeness (QED) is 0.186. The molecule has 10 rings (SSSR count). The Morgan fingerprint density at radius 1 is 0.500 bits per heavy atom. The summed E-state index contributed by atoms with van der Waals surface area (Å²) < 4.78 is 6.59. The molecule has 3 heteroatoms. The van der Waals surface area contributed by atoms with Crippen molar-refractivity contribution in [2.45, 2.75) is 19.3 Å². The van der Waals surface area contributed by atoms with Crippen LogP contribution in [-0.4, -0.2) is 9.97 Å². The summed E-state index contributed by atoms with van der Waals surface area (Å²) >= 11 is 0. The summed E-state index contributed by atoms with van der Waals surface area (Å²) in [5, 5.41) is 5.55. The van der Waals surface area contributed by atoms with Gasteiger partial charge in [-0.25, -0.2) is 4.98 Å². The lowest BCUT2D eigenvalue weighted by Crippen LogP contribution is -2.15. The zero-order valence-electron chi connectivity index (χ0n) is 26.7. The number of hydrogen-bond donors (Lipinski definition) is 0. The van der Waals surface area contributed by atoms with Crippen LogP contribution in [-0.2, 0) is 5.41 Å². The molecule has 48 heavy (non-hydrogen) atoms. The van der Waals surface area contributed by atoms with Crippen LogP contribution in [0.4, 0.5) is 0 Å². The molecule has 0 fully saturated rings. The molecule has 226 valence electrons. The first-order chi connectivity index (χ1) is 23.5. The Bertz CT molecular complexity index is 2740. The van der Waals surface area contributed by atoms with Gasteiger partial charge in [0.25, 0.3) is 0 Å². The van der Waals surface area contributed by atoms with Crippen LogP contribution in [0, 0.1) is 0 Å². The first-order valence-electron chi connectivity index (χ1n) is 16.5. The smallest absolute Gasteiger partial charge is 0.144 e. The third-order valence-electron chi connectivity index (χ3n) is 10.4. The lowest BCUT2D eigenvalue weighted by molar-refractivity contribution is 0.661. The van der Waals surface area contributed by atoms with Crippen molar-refractivity contribution in [1.29, 1.82) is 0 Å². The molecule has 0 radical (unpaired) electrons. The molecule has 1 aliphatic rings. The number of aromatic nitrogens is 2. The summed E-state index contributed by atoms with van der Waals surface area (Å²) in [5.41, 5.74) is 14.8. The van der Waals surface area contributed by atoms with Crippen LogP contribution in [0.1, 0.15) is 25.0 Å². The molecule has 0 saturated carbocycles. The standard InChI is InChI=1S/C45H30N2O/c1-45(2)38-24-29(27-20-22-46-23-21-27)12-15-32(38)33-16-13-30(25-39(33)45)31-14-17-36-40(26-31)47-43(28-8-4-3-5-9-28)37-19-18-35-34-10-6-7-11-41(34)48-44(35)42(36)37/h3-26H,1-2H3. The number of benzene rings is 6. The van der Waals surface area contributed by atoms with Crippen molar-refractivity contribution >= 4 is 43.6 Å². The van der Waals surface area contributed by atoms with Gasteiger partial charge in [-0.3, -0.25) is 4.98 Å². The molecule has 3 heterocycles. The van der Waals surface area contributed by atoms with Crippen LogP contribution in [0.5, 0.6) is 0 Å². The second-order valence-corrected chi connectivity index (χ2v) is 13.4. The third kappa shape index (κ3) is 3.88. The highest BCUT2D eigenvalue weighted by Gasteiger charge is 2.36. The fraction of sp³-hybridized carbons (Fsp3) is 0.0667. The highest BCUT2D eigenvalue weighted by Crippen LogP contribution is 2.51. The van der Waals surface area contributed by atoms with E-state index in [1.54, 1.807) is 0 Å². The molecule has 0 unspecified atom stereocenters. The number of fused-ring (bicyclic) bond motifs is 10. The maximum Gasteiger partial charge on any atom is 0.144 e. The summed E-state index contributed by atoms with van der Waals surface area (Å²) in [4.78, 5) is 9.56. The fourth-order valence-electron chi connectivity index (χ4n) is 7.91. The maximum atomic E-state index is 6.59. The summed E-state index contributed by atoms with van der Waals surface area (Å²) in [5.74, 6) is 0. The monoisotopic (exact) mass is 614 g/mol. The normalized spacial score (nSPS) is 13.4. The SMILES string of the molecule is CC1(C)c2cc(-c3ccncc3)ccc2-c2ccc(-c3ccc4c(c3)nc(-c3ccccc3)c3ccc5c6ccccc6oc5c34)cc21. The summed E-state index contributed by atoms with van der Waals surface area (Å²) in [6.07, 6.45) is 3.72. The topological polar surface area (TPSA) is 38.9 Å². The molecular formula is C45H30N2O. The highest BCUT2D eigenvalue weighted by atomic mass is 16.3. The predicted octanol–water partition coefficient (Wildman–Crippen LogP) is 12.0. The molecule has 0 amide bonds. The Kier molecular flexibility index (Phi) is 5.63. The molecule has 1 aliphatic carbocycles. The minimum atomic E-state index is -0.137. The summed E-state index contributed by atoms with van der Waals surface area (Å²) in [6, 6.07) is 47.9. The fourth-order valence-corrected chi connectivity index (χ4v) is 7.91. The van der Waals surface area contributed by atoms with E-state index in [1.165, 1.54) is 38.9 Å². The molecule has 3 aromatic heterocycles. The average molecular weight is 615 g/mol. The molecule has 0 bridgehead atoms. The van der Waals surface area contributed by atoms with E-state index in [4.69, 9.17) is 9.40 Å². The van der Waals surface area contributed by atoms with Crippen molar-refractivity contribution in [2.24, 2.45) is 0 Å². The van der Waals surface area contributed by atoms with Crippen molar-refractivity contribution in [3.63, 3.8) is 0 Å². The Labute approximate surface area is 278 Å². The van der Waals surface area contributed by atoms with Crippen LogP contribution < -0.4 is 0 Å². The van der Waals surface area contributed by atoms with Gasteiger partial charge in [-0.05, 0) is 87.0 Å². The van der Waals surface area contributed by atoms with Gasteiger partial charge in [0.1, 0.15) is 11.2 Å². The molecule has 0 N–H and O–H groups in total. The largest absolute Gasteiger partial charge is 0.455 e. The Morgan fingerprint density at radius 3 is 1.90 bits per heavy atom. The minimum absolute atomic E-state index is 0.137. The van der Waals surface area contributed by atoms with Crippen molar-refractivity contribution in [3.05, 3.63) is 157 Å². The molecule has 6 aromatic carbocycles. The molecule has 3 nitrogen and oxygen atoms in total. The van der Waals surface area contributed by atoms with E-state index >= 15 is 0 Å². The van der Waals surface area contributed by atoms with Crippen molar-refractivity contribution < 1.29 is 4.42 Å². The Hall–Kier alpha value is -6.06. The van der Waals surface area contributed by atoms with Gasteiger partial charge in [-0.15, -0.1) is 0 Å². The first kappa shape index (κ1) is 27.1. The zero-order valence-corrected chi connectivity index (χ0v) is 26.7. The number of rotatable bonds is 3. The number of nitrogens with zero attached hydrogens (tertiary/aromatic N) is 2. The van der Waals surface area contributed by atoms with Gasteiger partial charge in [0.15, 0.2) is 0 Å². The molecule has 0 atom stereocenters.